The van der Waals surface area contributed by atoms with Crippen LogP contribution in [0.25, 0.3) is 10.8 Å². The summed E-state index contributed by atoms with van der Waals surface area (Å²) in [7, 11) is 0. The Balaban J connectivity index is 1.72. The minimum absolute atomic E-state index is 0.838. The molecule has 1 heteroatoms. The van der Waals surface area contributed by atoms with Gasteiger partial charge in [0.25, 0.3) is 0 Å². The fourth-order valence-corrected chi connectivity index (χ4v) is 2.32. The van der Waals surface area contributed by atoms with Crippen molar-refractivity contribution in [1.82, 2.24) is 0 Å². The lowest BCUT2D eigenvalue weighted by Crippen LogP contribution is -2.00. The lowest BCUT2D eigenvalue weighted by molar-refractivity contribution is 0.133. The van der Waals surface area contributed by atoms with E-state index in [2.05, 4.69) is 49.4 Å². The van der Waals surface area contributed by atoms with Crippen LogP contribution in [-0.4, -0.2) is 13.2 Å². The monoisotopic (exact) mass is 256 g/mol. The average molecular weight is 256 g/mol. The smallest absolute Gasteiger partial charge is 0.0506 e. The molecule has 0 aliphatic heterocycles. The first-order chi connectivity index (χ1) is 9.40. The van der Waals surface area contributed by atoms with Crippen LogP contribution in [0.2, 0.25) is 0 Å². The van der Waals surface area contributed by atoms with Gasteiger partial charge in [0.05, 0.1) is 6.61 Å². The molecule has 0 atom stereocenters. The molecule has 0 N–H and O–H groups in total. The zero-order valence-electron chi connectivity index (χ0n) is 11.9. The Morgan fingerprint density at radius 2 is 1.68 bits per heavy atom. The second-order valence-corrected chi connectivity index (χ2v) is 5.10. The molecule has 0 unspecified atom stereocenters. The standard InChI is InChI=1S/C18H24O/c1-2-3-4-7-13-19-14-12-16-10-11-17-8-5-6-9-18(17)15-16/h5-6,8-11,15H,2-4,7,12-14H2,1H3. The van der Waals surface area contributed by atoms with E-state index in [1.54, 1.807) is 0 Å². The molecular weight excluding hydrogens is 232 g/mol. The van der Waals surface area contributed by atoms with Gasteiger partial charge < -0.3 is 4.74 Å². The predicted octanol–water partition coefficient (Wildman–Crippen LogP) is 4.98. The summed E-state index contributed by atoms with van der Waals surface area (Å²) in [5.74, 6) is 0. The van der Waals surface area contributed by atoms with Gasteiger partial charge in [-0.3, -0.25) is 0 Å². The van der Waals surface area contributed by atoms with Crippen LogP contribution < -0.4 is 0 Å². The fourth-order valence-electron chi connectivity index (χ4n) is 2.32. The molecule has 0 heterocycles. The molecule has 0 bridgehead atoms. The van der Waals surface area contributed by atoms with E-state index in [0.29, 0.717) is 0 Å². The summed E-state index contributed by atoms with van der Waals surface area (Å²) < 4.78 is 5.70. The van der Waals surface area contributed by atoms with Crippen LogP contribution in [0.4, 0.5) is 0 Å². The molecule has 0 saturated carbocycles. The third kappa shape index (κ3) is 4.68. The van der Waals surface area contributed by atoms with E-state index in [0.717, 1.165) is 19.6 Å². The molecule has 19 heavy (non-hydrogen) atoms. The minimum atomic E-state index is 0.838. The van der Waals surface area contributed by atoms with Crippen LogP contribution in [0.1, 0.15) is 38.2 Å². The summed E-state index contributed by atoms with van der Waals surface area (Å²) in [6, 6.07) is 15.2. The molecule has 1 nitrogen and oxygen atoms in total. The van der Waals surface area contributed by atoms with Crippen LogP contribution in [-0.2, 0) is 11.2 Å². The van der Waals surface area contributed by atoms with Crippen LogP contribution in [0.5, 0.6) is 0 Å². The van der Waals surface area contributed by atoms with Crippen molar-refractivity contribution in [3.8, 4) is 0 Å². The minimum Gasteiger partial charge on any atom is -0.381 e. The van der Waals surface area contributed by atoms with Crippen molar-refractivity contribution in [1.29, 1.82) is 0 Å². The first-order valence-corrected chi connectivity index (χ1v) is 7.45. The van der Waals surface area contributed by atoms with Crippen LogP contribution in [0, 0.1) is 0 Å². The maximum absolute atomic E-state index is 5.70. The molecule has 0 saturated heterocycles. The van der Waals surface area contributed by atoms with E-state index in [4.69, 9.17) is 4.74 Å². The van der Waals surface area contributed by atoms with Gasteiger partial charge in [-0.1, -0.05) is 68.7 Å². The molecule has 0 aromatic heterocycles. The van der Waals surface area contributed by atoms with Crippen molar-refractivity contribution in [2.24, 2.45) is 0 Å². The summed E-state index contributed by atoms with van der Waals surface area (Å²) in [4.78, 5) is 0. The van der Waals surface area contributed by atoms with Crippen molar-refractivity contribution in [3.63, 3.8) is 0 Å². The highest BCUT2D eigenvalue weighted by Gasteiger charge is 1.97. The number of hydrogen-bond acceptors (Lipinski definition) is 1. The highest BCUT2D eigenvalue weighted by Crippen LogP contribution is 2.15. The second-order valence-electron chi connectivity index (χ2n) is 5.10. The van der Waals surface area contributed by atoms with Gasteiger partial charge in [-0.15, -0.1) is 0 Å². The van der Waals surface area contributed by atoms with Crippen molar-refractivity contribution >= 4 is 10.8 Å². The van der Waals surface area contributed by atoms with Gasteiger partial charge in [-0.2, -0.15) is 0 Å². The van der Waals surface area contributed by atoms with Crippen molar-refractivity contribution in [2.45, 2.75) is 39.0 Å². The summed E-state index contributed by atoms with van der Waals surface area (Å²) in [6.45, 7) is 3.98. The zero-order valence-corrected chi connectivity index (χ0v) is 11.9. The Labute approximate surface area is 116 Å². The molecule has 2 rings (SSSR count). The van der Waals surface area contributed by atoms with Crippen LogP contribution >= 0.6 is 0 Å². The highest BCUT2D eigenvalue weighted by molar-refractivity contribution is 5.82. The predicted molar refractivity (Wildman–Crippen MR) is 82.6 cm³/mol. The quantitative estimate of drug-likeness (QED) is 0.605. The first kappa shape index (κ1) is 14.1. The van der Waals surface area contributed by atoms with Gasteiger partial charge >= 0.3 is 0 Å². The van der Waals surface area contributed by atoms with Gasteiger partial charge in [-0.05, 0) is 29.2 Å². The molecule has 102 valence electrons. The number of unbranched alkanes of at least 4 members (excludes halogenated alkanes) is 3. The third-order valence-electron chi connectivity index (χ3n) is 3.49. The Hall–Kier alpha value is -1.34. The second kappa shape index (κ2) is 7.96. The molecule has 0 aliphatic rings. The summed E-state index contributed by atoms with van der Waals surface area (Å²) >= 11 is 0. The normalized spacial score (nSPS) is 11.0. The molecule has 2 aromatic rings. The Kier molecular flexibility index (Phi) is 5.90. The SMILES string of the molecule is CCCCCCOCCc1ccc2ccccc2c1. The number of hydrogen-bond donors (Lipinski definition) is 0. The Morgan fingerprint density at radius 3 is 2.53 bits per heavy atom. The summed E-state index contributed by atoms with van der Waals surface area (Å²) in [5.41, 5.74) is 1.37. The zero-order chi connectivity index (χ0) is 13.3. The molecular formula is C18H24O. The van der Waals surface area contributed by atoms with E-state index >= 15 is 0 Å². The molecule has 2 aromatic carbocycles. The number of rotatable bonds is 8. The van der Waals surface area contributed by atoms with Gasteiger partial charge in [0.2, 0.25) is 0 Å². The van der Waals surface area contributed by atoms with E-state index in [-0.39, 0.29) is 0 Å². The number of ether oxygens (including phenoxy) is 1. The van der Waals surface area contributed by atoms with Gasteiger partial charge in [-0.25, -0.2) is 0 Å². The summed E-state index contributed by atoms with van der Waals surface area (Å²) in [5, 5.41) is 2.63. The third-order valence-corrected chi connectivity index (χ3v) is 3.49. The van der Waals surface area contributed by atoms with E-state index in [1.807, 2.05) is 0 Å². The highest BCUT2D eigenvalue weighted by atomic mass is 16.5. The Morgan fingerprint density at radius 1 is 0.842 bits per heavy atom. The Bertz CT molecular complexity index is 490. The lowest BCUT2D eigenvalue weighted by Gasteiger charge is -2.05. The van der Waals surface area contributed by atoms with Crippen LogP contribution in [0.3, 0.4) is 0 Å². The molecule has 0 radical (unpaired) electrons. The average Bonchev–Trinajstić information content (AvgIpc) is 2.46. The van der Waals surface area contributed by atoms with Crippen molar-refractivity contribution in [2.75, 3.05) is 13.2 Å². The molecule has 0 aliphatic carbocycles. The number of benzene rings is 2. The molecule has 0 amide bonds. The van der Waals surface area contributed by atoms with Gasteiger partial charge in [0.15, 0.2) is 0 Å². The lowest BCUT2D eigenvalue weighted by atomic mass is 10.1. The van der Waals surface area contributed by atoms with E-state index in [9.17, 15) is 0 Å². The van der Waals surface area contributed by atoms with Gasteiger partial charge in [0, 0.05) is 6.61 Å². The van der Waals surface area contributed by atoms with E-state index in [1.165, 1.54) is 42.0 Å². The van der Waals surface area contributed by atoms with Crippen LogP contribution in [0.15, 0.2) is 42.5 Å². The largest absolute Gasteiger partial charge is 0.381 e. The maximum Gasteiger partial charge on any atom is 0.0506 e. The van der Waals surface area contributed by atoms with Crippen molar-refractivity contribution in [3.05, 3.63) is 48.0 Å². The van der Waals surface area contributed by atoms with Crippen molar-refractivity contribution < 1.29 is 4.74 Å². The molecule has 0 spiro atoms. The maximum atomic E-state index is 5.70. The molecule has 0 fully saturated rings. The van der Waals surface area contributed by atoms with E-state index < -0.39 is 0 Å². The summed E-state index contributed by atoms with van der Waals surface area (Å²) in [6.07, 6.45) is 6.13. The number of fused-ring (bicyclic) bond motifs is 1. The van der Waals surface area contributed by atoms with Gasteiger partial charge in [0.1, 0.15) is 0 Å². The first-order valence-electron chi connectivity index (χ1n) is 7.45. The topological polar surface area (TPSA) is 9.23 Å². The fraction of sp³-hybridized carbons (Fsp3) is 0.444.